The summed E-state index contributed by atoms with van der Waals surface area (Å²) in [7, 11) is 0. The van der Waals surface area contributed by atoms with Gasteiger partial charge in [-0.05, 0) is 50.3 Å². The minimum absolute atomic E-state index is 0. The van der Waals surface area contributed by atoms with Crippen molar-refractivity contribution in [1.29, 1.82) is 0 Å². The second kappa shape index (κ2) is 6.92. The van der Waals surface area contributed by atoms with Crippen LogP contribution in [-0.4, -0.2) is 11.9 Å². The molecule has 2 rings (SSSR count). The molecule has 1 saturated carbocycles. The molecule has 106 valence electrons. The van der Waals surface area contributed by atoms with Gasteiger partial charge in [-0.25, -0.2) is 0 Å². The molecular weight excluding hydrogens is 260 g/mol. The van der Waals surface area contributed by atoms with Crippen LogP contribution in [0.15, 0.2) is 18.2 Å². The number of carbonyl (C=O) groups excluding carboxylic acids is 1. The van der Waals surface area contributed by atoms with Gasteiger partial charge in [0, 0.05) is 17.6 Å². The van der Waals surface area contributed by atoms with Crippen LogP contribution < -0.4 is 11.1 Å². The zero-order valence-electron chi connectivity index (χ0n) is 11.6. The molecular formula is C15H23ClN2O. The Kier molecular flexibility index (Phi) is 5.83. The second-order valence-corrected chi connectivity index (χ2v) is 5.36. The quantitative estimate of drug-likeness (QED) is 0.875. The maximum absolute atomic E-state index is 12.2. The Hall–Kier alpha value is -1.06. The van der Waals surface area contributed by atoms with Gasteiger partial charge in [-0.3, -0.25) is 4.79 Å². The third-order valence-corrected chi connectivity index (χ3v) is 3.95. The summed E-state index contributed by atoms with van der Waals surface area (Å²) in [5.41, 5.74) is 9.21. The molecule has 4 heteroatoms. The molecule has 0 heterocycles. The van der Waals surface area contributed by atoms with Crippen LogP contribution in [0.25, 0.3) is 0 Å². The fourth-order valence-electron chi connectivity index (χ4n) is 2.59. The molecule has 0 spiro atoms. The molecule has 19 heavy (non-hydrogen) atoms. The van der Waals surface area contributed by atoms with Gasteiger partial charge < -0.3 is 11.1 Å². The summed E-state index contributed by atoms with van der Waals surface area (Å²) in [5.74, 6) is 0.201. The average molecular weight is 283 g/mol. The summed E-state index contributed by atoms with van der Waals surface area (Å²) in [6, 6.07) is 6.18. The van der Waals surface area contributed by atoms with Gasteiger partial charge in [0.1, 0.15) is 0 Å². The van der Waals surface area contributed by atoms with Gasteiger partial charge >= 0.3 is 0 Å². The van der Waals surface area contributed by atoms with E-state index in [0.29, 0.717) is 0 Å². The minimum Gasteiger partial charge on any atom is -0.328 e. The van der Waals surface area contributed by atoms with Crippen LogP contribution in [-0.2, 0) is 4.79 Å². The first-order valence-corrected chi connectivity index (χ1v) is 6.70. The van der Waals surface area contributed by atoms with Gasteiger partial charge in [0.25, 0.3) is 0 Å². The van der Waals surface area contributed by atoms with Gasteiger partial charge in [-0.2, -0.15) is 0 Å². The topological polar surface area (TPSA) is 55.1 Å². The van der Waals surface area contributed by atoms with E-state index in [1.54, 1.807) is 0 Å². The van der Waals surface area contributed by atoms with E-state index in [1.807, 2.05) is 19.1 Å². The normalized spacial score (nSPS) is 22.5. The molecule has 0 aromatic heterocycles. The van der Waals surface area contributed by atoms with Crippen LogP contribution in [0.1, 0.15) is 36.8 Å². The van der Waals surface area contributed by atoms with Gasteiger partial charge in [-0.1, -0.05) is 18.6 Å². The molecule has 0 bridgehead atoms. The highest BCUT2D eigenvalue weighted by Gasteiger charge is 2.25. The van der Waals surface area contributed by atoms with Crippen LogP contribution in [0.5, 0.6) is 0 Å². The molecule has 2 atom stereocenters. The van der Waals surface area contributed by atoms with Crippen molar-refractivity contribution in [2.75, 3.05) is 5.32 Å². The highest BCUT2D eigenvalue weighted by atomic mass is 35.5. The second-order valence-electron chi connectivity index (χ2n) is 5.36. The van der Waals surface area contributed by atoms with Crippen LogP contribution in [0.4, 0.5) is 5.69 Å². The molecule has 1 amide bonds. The first-order chi connectivity index (χ1) is 8.58. The summed E-state index contributed by atoms with van der Waals surface area (Å²) >= 11 is 0. The van der Waals surface area contributed by atoms with Crippen LogP contribution >= 0.6 is 12.4 Å². The lowest BCUT2D eigenvalue weighted by Crippen LogP contribution is -2.34. The number of amides is 1. The number of benzene rings is 1. The Morgan fingerprint density at radius 3 is 2.74 bits per heavy atom. The number of carbonyl (C=O) groups is 1. The first-order valence-electron chi connectivity index (χ1n) is 6.70. The number of anilines is 1. The van der Waals surface area contributed by atoms with Crippen molar-refractivity contribution in [2.45, 2.75) is 45.6 Å². The largest absolute Gasteiger partial charge is 0.328 e. The molecule has 1 aliphatic carbocycles. The number of hydrogen-bond acceptors (Lipinski definition) is 2. The molecule has 2 unspecified atom stereocenters. The number of hydrogen-bond donors (Lipinski definition) is 2. The van der Waals surface area contributed by atoms with Crippen LogP contribution in [0.2, 0.25) is 0 Å². The van der Waals surface area contributed by atoms with Gasteiger partial charge in [0.05, 0.1) is 0 Å². The number of nitrogens with one attached hydrogen (secondary N) is 1. The maximum Gasteiger partial charge on any atom is 0.227 e. The highest BCUT2D eigenvalue weighted by Crippen LogP contribution is 2.25. The maximum atomic E-state index is 12.2. The number of rotatable bonds is 2. The molecule has 0 saturated heterocycles. The van der Waals surface area contributed by atoms with E-state index >= 15 is 0 Å². The third-order valence-electron chi connectivity index (χ3n) is 3.95. The lowest BCUT2D eigenvalue weighted by Gasteiger charge is -2.26. The zero-order valence-corrected chi connectivity index (χ0v) is 12.4. The van der Waals surface area contributed by atoms with Crippen molar-refractivity contribution >= 4 is 24.0 Å². The van der Waals surface area contributed by atoms with E-state index in [0.717, 1.165) is 36.9 Å². The van der Waals surface area contributed by atoms with Gasteiger partial charge in [0.2, 0.25) is 5.91 Å². The van der Waals surface area contributed by atoms with Crippen LogP contribution in [0, 0.1) is 19.8 Å². The van der Waals surface area contributed by atoms with E-state index in [4.69, 9.17) is 5.73 Å². The summed E-state index contributed by atoms with van der Waals surface area (Å²) in [5, 5.41) is 3.05. The van der Waals surface area contributed by atoms with Crippen molar-refractivity contribution < 1.29 is 4.79 Å². The number of aryl methyl sites for hydroxylation is 1. The van der Waals surface area contributed by atoms with Crippen molar-refractivity contribution in [2.24, 2.45) is 11.7 Å². The Balaban J connectivity index is 0.00000180. The van der Waals surface area contributed by atoms with E-state index < -0.39 is 0 Å². The number of halogens is 1. The zero-order chi connectivity index (χ0) is 13.1. The molecule has 3 N–H and O–H groups in total. The monoisotopic (exact) mass is 282 g/mol. The summed E-state index contributed by atoms with van der Waals surface area (Å²) in [4.78, 5) is 12.2. The van der Waals surface area contributed by atoms with Gasteiger partial charge in [-0.15, -0.1) is 12.4 Å². The first kappa shape index (κ1) is 16.0. The Morgan fingerprint density at radius 1 is 1.32 bits per heavy atom. The molecule has 0 aliphatic heterocycles. The van der Waals surface area contributed by atoms with E-state index in [-0.39, 0.29) is 30.3 Å². The molecule has 1 aromatic rings. The summed E-state index contributed by atoms with van der Waals surface area (Å²) in [6.07, 6.45) is 3.89. The van der Waals surface area contributed by atoms with Crippen molar-refractivity contribution in [3.8, 4) is 0 Å². The Morgan fingerprint density at radius 2 is 2.05 bits per heavy atom. The smallest absolute Gasteiger partial charge is 0.227 e. The van der Waals surface area contributed by atoms with E-state index in [2.05, 4.69) is 18.3 Å². The predicted molar refractivity (Wildman–Crippen MR) is 81.7 cm³/mol. The molecule has 3 nitrogen and oxygen atoms in total. The molecule has 0 radical (unpaired) electrons. The molecule has 1 aliphatic rings. The van der Waals surface area contributed by atoms with E-state index in [9.17, 15) is 4.79 Å². The van der Waals surface area contributed by atoms with Crippen LogP contribution in [0.3, 0.4) is 0 Å². The predicted octanol–water partition coefficient (Wildman–Crippen LogP) is 3.18. The lowest BCUT2D eigenvalue weighted by molar-refractivity contribution is -0.120. The summed E-state index contributed by atoms with van der Waals surface area (Å²) < 4.78 is 0. The van der Waals surface area contributed by atoms with E-state index in [1.165, 1.54) is 5.56 Å². The standard InChI is InChI=1S/C15H22N2O.ClH/c1-10-5-3-8-14(11(10)2)17-15(18)12-6-4-7-13(16)9-12;/h3,5,8,12-13H,4,6-7,9,16H2,1-2H3,(H,17,18);1H. The fraction of sp³-hybridized carbons (Fsp3) is 0.533. The fourth-order valence-corrected chi connectivity index (χ4v) is 2.59. The average Bonchev–Trinajstić information content (AvgIpc) is 2.35. The van der Waals surface area contributed by atoms with Crippen molar-refractivity contribution in [1.82, 2.24) is 0 Å². The van der Waals surface area contributed by atoms with Crippen molar-refractivity contribution in [3.63, 3.8) is 0 Å². The minimum atomic E-state index is 0. The Labute approximate surface area is 121 Å². The molecule has 1 fully saturated rings. The summed E-state index contributed by atoms with van der Waals surface area (Å²) in [6.45, 7) is 4.10. The SMILES string of the molecule is Cc1cccc(NC(=O)C2CCCC(N)C2)c1C.Cl. The number of nitrogens with two attached hydrogens (primary N) is 1. The molecule has 1 aromatic carbocycles. The lowest BCUT2D eigenvalue weighted by atomic mass is 9.85. The van der Waals surface area contributed by atoms with Gasteiger partial charge in [0.15, 0.2) is 0 Å². The third kappa shape index (κ3) is 3.95. The van der Waals surface area contributed by atoms with Crippen molar-refractivity contribution in [3.05, 3.63) is 29.3 Å². The highest BCUT2D eigenvalue weighted by molar-refractivity contribution is 5.93. The Bertz CT molecular complexity index is 448.